The van der Waals surface area contributed by atoms with Crippen LogP contribution >= 0.6 is 23.3 Å². The van der Waals surface area contributed by atoms with E-state index < -0.39 is 0 Å². The molecular formula is C22H29N5S2. The molecule has 1 aliphatic rings. The molecule has 0 radical (unpaired) electrons. The Morgan fingerprint density at radius 3 is 2.69 bits per heavy atom. The topological polar surface area (TPSA) is 65.6 Å². The van der Waals surface area contributed by atoms with Crippen LogP contribution in [0.1, 0.15) is 63.8 Å². The number of nitrogens with zero attached hydrogens (tertiary/aromatic N) is 2. The molecule has 0 aliphatic heterocycles. The summed E-state index contributed by atoms with van der Waals surface area (Å²) in [5.74, 6) is 1.53. The number of thiazole rings is 1. The van der Waals surface area contributed by atoms with E-state index in [2.05, 4.69) is 65.4 Å². The molecule has 0 atom stereocenters. The number of hydrogen-bond acceptors (Lipinski definition) is 6. The number of aromatic nitrogens is 3. The Balaban J connectivity index is 1.61. The van der Waals surface area contributed by atoms with Crippen molar-refractivity contribution in [2.75, 3.05) is 5.32 Å². The van der Waals surface area contributed by atoms with Gasteiger partial charge in [-0.25, -0.2) is 4.98 Å². The van der Waals surface area contributed by atoms with Crippen LogP contribution < -0.4 is 10.0 Å². The van der Waals surface area contributed by atoms with Crippen LogP contribution in [0.15, 0.2) is 41.6 Å². The molecule has 2 heterocycles. The molecule has 1 fully saturated rings. The van der Waals surface area contributed by atoms with Gasteiger partial charge in [-0.15, -0.1) is 11.3 Å². The SMILES string of the molecule is CC(C)(C)NSc1cc(Nc2ccn[nH]2)ccc1-c1cnc(C2CCCCC2)s1. The normalized spacial score (nSPS) is 15.6. The number of hydrogen-bond donors (Lipinski definition) is 3. The summed E-state index contributed by atoms with van der Waals surface area (Å²) in [5.41, 5.74) is 2.30. The number of nitrogens with one attached hydrogen (secondary N) is 3. The predicted molar refractivity (Wildman–Crippen MR) is 124 cm³/mol. The Morgan fingerprint density at radius 1 is 1.14 bits per heavy atom. The Kier molecular flexibility index (Phi) is 6.27. The van der Waals surface area contributed by atoms with Crippen molar-refractivity contribution in [2.45, 2.75) is 69.2 Å². The van der Waals surface area contributed by atoms with Gasteiger partial charge in [-0.05, 0) is 57.7 Å². The van der Waals surface area contributed by atoms with E-state index in [9.17, 15) is 0 Å². The van der Waals surface area contributed by atoms with Crippen LogP contribution in [0.5, 0.6) is 0 Å². The lowest BCUT2D eigenvalue weighted by atomic mass is 9.90. The van der Waals surface area contributed by atoms with Gasteiger partial charge in [0.15, 0.2) is 0 Å². The molecule has 0 amide bonds. The summed E-state index contributed by atoms with van der Waals surface area (Å²) in [6.45, 7) is 6.54. The van der Waals surface area contributed by atoms with Gasteiger partial charge in [0.1, 0.15) is 5.82 Å². The lowest BCUT2D eigenvalue weighted by Gasteiger charge is -2.21. The van der Waals surface area contributed by atoms with Gasteiger partial charge < -0.3 is 5.32 Å². The van der Waals surface area contributed by atoms with Crippen molar-refractivity contribution in [1.82, 2.24) is 19.9 Å². The quantitative estimate of drug-likeness (QED) is 0.381. The van der Waals surface area contributed by atoms with Gasteiger partial charge in [0.2, 0.25) is 0 Å². The second kappa shape index (κ2) is 8.90. The fourth-order valence-corrected chi connectivity index (χ4v) is 5.61. The van der Waals surface area contributed by atoms with Crippen LogP contribution in [0.3, 0.4) is 0 Å². The van der Waals surface area contributed by atoms with E-state index in [1.165, 1.54) is 52.4 Å². The Morgan fingerprint density at radius 2 is 1.97 bits per heavy atom. The zero-order chi connectivity index (χ0) is 20.3. The lowest BCUT2D eigenvalue weighted by molar-refractivity contribution is 0.442. The zero-order valence-electron chi connectivity index (χ0n) is 17.3. The third-order valence-electron chi connectivity index (χ3n) is 4.97. The number of benzene rings is 1. The molecule has 4 rings (SSSR count). The standard InChI is InChI=1S/C22H29N5S2/c1-22(2,3)27-29-18-13-16(25-20-11-12-24-26-20)9-10-17(18)19-14-23-21(28-19)15-7-5-4-6-8-15/h9-15,27H,4-8H2,1-3H3,(H2,24,25,26). The fraction of sp³-hybridized carbons (Fsp3) is 0.455. The van der Waals surface area contributed by atoms with Gasteiger partial charge >= 0.3 is 0 Å². The molecule has 29 heavy (non-hydrogen) atoms. The molecular weight excluding hydrogens is 398 g/mol. The second-order valence-electron chi connectivity index (χ2n) is 8.66. The maximum atomic E-state index is 4.81. The molecule has 3 aromatic rings. The Hall–Kier alpha value is -1.83. The molecule has 0 saturated heterocycles. The summed E-state index contributed by atoms with van der Waals surface area (Å²) in [5, 5.41) is 11.7. The van der Waals surface area contributed by atoms with Crippen molar-refractivity contribution in [1.29, 1.82) is 0 Å². The van der Waals surface area contributed by atoms with Gasteiger partial charge in [0, 0.05) is 39.9 Å². The summed E-state index contributed by atoms with van der Waals surface area (Å²) < 4.78 is 3.56. The highest BCUT2D eigenvalue weighted by molar-refractivity contribution is 7.97. The first-order valence-electron chi connectivity index (χ1n) is 10.3. The number of aromatic amines is 1. The average Bonchev–Trinajstić information content (AvgIpc) is 3.39. The molecule has 154 valence electrons. The lowest BCUT2D eigenvalue weighted by Crippen LogP contribution is -2.29. The molecule has 1 saturated carbocycles. The highest BCUT2D eigenvalue weighted by Gasteiger charge is 2.20. The van der Waals surface area contributed by atoms with Crippen LogP contribution in [0.25, 0.3) is 10.4 Å². The van der Waals surface area contributed by atoms with Gasteiger partial charge in [0.05, 0.1) is 16.1 Å². The van der Waals surface area contributed by atoms with E-state index >= 15 is 0 Å². The summed E-state index contributed by atoms with van der Waals surface area (Å²) in [6.07, 6.45) is 10.4. The molecule has 7 heteroatoms. The van der Waals surface area contributed by atoms with Crippen molar-refractivity contribution >= 4 is 34.8 Å². The molecule has 0 spiro atoms. The maximum Gasteiger partial charge on any atom is 0.125 e. The molecule has 2 aromatic heterocycles. The van der Waals surface area contributed by atoms with E-state index in [0.29, 0.717) is 5.92 Å². The maximum absolute atomic E-state index is 4.81. The molecule has 0 bridgehead atoms. The molecule has 0 unspecified atom stereocenters. The van der Waals surface area contributed by atoms with E-state index in [4.69, 9.17) is 4.98 Å². The fourth-order valence-electron chi connectivity index (χ4n) is 3.53. The summed E-state index contributed by atoms with van der Waals surface area (Å²) >= 11 is 3.55. The molecule has 1 aliphatic carbocycles. The largest absolute Gasteiger partial charge is 0.341 e. The van der Waals surface area contributed by atoms with E-state index in [1.54, 1.807) is 18.1 Å². The first-order chi connectivity index (χ1) is 14.0. The van der Waals surface area contributed by atoms with Crippen LogP contribution in [-0.4, -0.2) is 20.7 Å². The highest BCUT2D eigenvalue weighted by atomic mass is 32.2. The van der Waals surface area contributed by atoms with Crippen molar-refractivity contribution < 1.29 is 0 Å². The van der Waals surface area contributed by atoms with Crippen LogP contribution in [0.4, 0.5) is 11.5 Å². The minimum absolute atomic E-state index is 0.0235. The van der Waals surface area contributed by atoms with E-state index in [0.717, 1.165) is 11.5 Å². The zero-order valence-corrected chi connectivity index (χ0v) is 18.9. The van der Waals surface area contributed by atoms with Gasteiger partial charge in [0.25, 0.3) is 0 Å². The first-order valence-corrected chi connectivity index (χ1v) is 11.9. The third kappa shape index (κ3) is 5.41. The summed E-state index contributed by atoms with van der Waals surface area (Å²) in [7, 11) is 0. The van der Waals surface area contributed by atoms with Crippen LogP contribution in [0.2, 0.25) is 0 Å². The molecule has 5 nitrogen and oxygen atoms in total. The minimum Gasteiger partial charge on any atom is -0.341 e. The van der Waals surface area contributed by atoms with Gasteiger partial charge in [-0.3, -0.25) is 9.82 Å². The third-order valence-corrected chi connectivity index (χ3v) is 7.44. The number of anilines is 2. The van der Waals surface area contributed by atoms with Gasteiger partial charge in [-0.2, -0.15) is 5.10 Å². The van der Waals surface area contributed by atoms with Crippen molar-refractivity contribution in [3.8, 4) is 10.4 Å². The van der Waals surface area contributed by atoms with Crippen molar-refractivity contribution in [3.63, 3.8) is 0 Å². The summed E-state index contributed by atoms with van der Waals surface area (Å²) in [4.78, 5) is 7.25. The van der Waals surface area contributed by atoms with E-state index in [1.807, 2.05) is 17.4 Å². The predicted octanol–water partition coefficient (Wildman–Crippen LogP) is 6.72. The van der Waals surface area contributed by atoms with E-state index in [-0.39, 0.29) is 5.54 Å². The molecule has 3 N–H and O–H groups in total. The Labute approximate surface area is 181 Å². The Bertz CT molecular complexity index is 921. The number of rotatable bonds is 6. The smallest absolute Gasteiger partial charge is 0.125 e. The number of H-pyrrole nitrogens is 1. The monoisotopic (exact) mass is 427 g/mol. The van der Waals surface area contributed by atoms with Crippen LogP contribution in [0, 0.1) is 0 Å². The van der Waals surface area contributed by atoms with Crippen molar-refractivity contribution in [3.05, 3.63) is 41.7 Å². The average molecular weight is 428 g/mol. The molecule has 1 aromatic carbocycles. The van der Waals surface area contributed by atoms with Crippen molar-refractivity contribution in [2.24, 2.45) is 0 Å². The minimum atomic E-state index is 0.0235. The van der Waals surface area contributed by atoms with Gasteiger partial charge in [-0.1, -0.05) is 25.3 Å². The summed E-state index contributed by atoms with van der Waals surface area (Å²) in [6, 6.07) is 8.44. The van der Waals surface area contributed by atoms with Crippen LogP contribution in [-0.2, 0) is 0 Å². The second-order valence-corrected chi connectivity index (χ2v) is 10.6. The first kappa shape index (κ1) is 20.4. The highest BCUT2D eigenvalue weighted by Crippen LogP contribution is 2.41.